The summed E-state index contributed by atoms with van der Waals surface area (Å²) in [5, 5.41) is 2.45. The summed E-state index contributed by atoms with van der Waals surface area (Å²) in [6.45, 7) is 0. The van der Waals surface area contributed by atoms with Gasteiger partial charge in [0.05, 0.1) is 0 Å². The minimum absolute atomic E-state index is 1.19. The molecule has 0 heteroatoms. The summed E-state index contributed by atoms with van der Waals surface area (Å²) in [6.07, 6.45) is 4.04. The summed E-state index contributed by atoms with van der Waals surface area (Å²) in [4.78, 5) is 0. The molecule has 0 unspecified atom stereocenters. The van der Waals surface area contributed by atoms with Crippen molar-refractivity contribution in [3.63, 3.8) is 0 Å². The van der Waals surface area contributed by atoms with Gasteiger partial charge in [-0.25, -0.2) is 0 Å². The Hall–Kier alpha value is -1.65. The average molecular weight is 150 g/mol. The molecule has 3 aliphatic rings. The predicted octanol–water partition coefficient (Wildman–Crippen LogP) is 1.04. The van der Waals surface area contributed by atoms with E-state index in [1.807, 2.05) is 12.1 Å². The fourth-order valence-corrected chi connectivity index (χ4v) is 1.65. The highest BCUT2D eigenvalue weighted by Gasteiger charge is 1.92. The summed E-state index contributed by atoms with van der Waals surface area (Å²) in [5.41, 5.74) is 5.66. The van der Waals surface area contributed by atoms with E-state index in [0.717, 1.165) is 0 Å². The van der Waals surface area contributed by atoms with Gasteiger partial charge in [0, 0.05) is 0 Å². The highest BCUT2D eigenvalue weighted by molar-refractivity contribution is 5.70. The lowest BCUT2D eigenvalue weighted by Gasteiger charge is -2.07. The second kappa shape index (κ2) is 1.94. The number of hydrogen-bond acceptors (Lipinski definition) is 0. The summed E-state index contributed by atoms with van der Waals surface area (Å²) in [5.74, 6) is 0. The molecule has 0 saturated heterocycles. The molecule has 0 heterocycles. The molecular formula is C12H6-2. The summed E-state index contributed by atoms with van der Waals surface area (Å²) < 4.78 is 0. The highest BCUT2D eigenvalue weighted by atomic mass is 14.1. The number of hydrogen-bond donors (Lipinski definition) is 0. The summed E-state index contributed by atoms with van der Waals surface area (Å²) in [6, 6.07) is 11.5. The molecule has 0 amide bonds. The molecule has 0 fully saturated rings. The van der Waals surface area contributed by atoms with Gasteiger partial charge in [0.1, 0.15) is 0 Å². The number of rotatable bonds is 0. The molecule has 3 rings (SSSR count). The molecule has 56 valence electrons. The first-order chi connectivity index (χ1) is 5.95. The molecule has 0 bridgehead atoms. The first-order valence-electron chi connectivity index (χ1n) is 3.98. The van der Waals surface area contributed by atoms with Crippen molar-refractivity contribution in [3.8, 4) is 11.1 Å². The zero-order chi connectivity index (χ0) is 7.97. The van der Waals surface area contributed by atoms with E-state index in [1.54, 1.807) is 0 Å². The van der Waals surface area contributed by atoms with E-state index in [9.17, 15) is 0 Å². The fourth-order valence-electron chi connectivity index (χ4n) is 1.65. The zero-order valence-electron chi connectivity index (χ0n) is 6.46. The van der Waals surface area contributed by atoms with Crippen molar-refractivity contribution in [2.45, 2.75) is 0 Å². The van der Waals surface area contributed by atoms with Crippen LogP contribution >= 0.6 is 0 Å². The predicted molar refractivity (Wildman–Crippen MR) is 49.2 cm³/mol. The fraction of sp³-hybridized carbons (Fsp3) is 0. The summed E-state index contributed by atoms with van der Waals surface area (Å²) >= 11 is 0. The molecule has 0 aromatic carbocycles. The third kappa shape index (κ3) is 0.603. The lowest BCUT2D eigenvalue weighted by Crippen LogP contribution is -2.23. The molecule has 0 atom stereocenters. The smallest absolute Gasteiger partial charge is 0.0699 e. The molecule has 3 aliphatic carbocycles. The van der Waals surface area contributed by atoms with Crippen molar-refractivity contribution in [2.75, 3.05) is 0 Å². The van der Waals surface area contributed by atoms with Crippen LogP contribution in [0.3, 0.4) is 0 Å². The van der Waals surface area contributed by atoms with Gasteiger partial charge < -0.3 is 0 Å². The second-order valence-electron chi connectivity index (χ2n) is 2.95. The highest BCUT2D eigenvalue weighted by Crippen LogP contribution is 2.15. The van der Waals surface area contributed by atoms with E-state index in [0.29, 0.717) is 0 Å². The first kappa shape index (κ1) is 5.93. The Balaban J connectivity index is 2.71. The van der Waals surface area contributed by atoms with Crippen LogP contribution in [0.5, 0.6) is 0 Å². The van der Waals surface area contributed by atoms with Gasteiger partial charge in [0.2, 0.25) is 0 Å². The largest absolute Gasteiger partial charge is 0.175 e. The van der Waals surface area contributed by atoms with Crippen molar-refractivity contribution in [1.29, 1.82) is 0 Å². The van der Waals surface area contributed by atoms with Crippen molar-refractivity contribution >= 4 is 11.8 Å². The van der Waals surface area contributed by atoms with Crippen LogP contribution in [0.25, 0.3) is 22.9 Å². The third-order valence-corrected chi connectivity index (χ3v) is 2.25. The van der Waals surface area contributed by atoms with Gasteiger partial charge >= 0.3 is 0 Å². The Morgan fingerprint density at radius 3 is 3.42 bits per heavy atom. The Kier molecular flexibility index (Phi) is 0.957. The minimum atomic E-state index is 1.19. The topological polar surface area (TPSA) is 0 Å². The normalized spacial score (nSPS) is 12.7. The lowest BCUT2D eigenvalue weighted by molar-refractivity contribution is 1.54. The van der Waals surface area contributed by atoms with Crippen molar-refractivity contribution in [3.05, 3.63) is 46.8 Å². The maximum atomic E-state index is 3.22. The van der Waals surface area contributed by atoms with Crippen LogP contribution in [0.1, 0.15) is 0 Å². The SMILES string of the molecule is C1=CC=c2[cH-]cc3cc[c-]c-3c2=1. The van der Waals surface area contributed by atoms with Crippen LogP contribution < -0.4 is 10.4 Å². The van der Waals surface area contributed by atoms with E-state index in [2.05, 4.69) is 36.1 Å². The van der Waals surface area contributed by atoms with E-state index in [4.69, 9.17) is 0 Å². The van der Waals surface area contributed by atoms with Crippen LogP contribution in [0.15, 0.2) is 30.3 Å². The zero-order valence-corrected chi connectivity index (χ0v) is 6.46. The maximum Gasteiger partial charge on any atom is -0.0699 e. The van der Waals surface area contributed by atoms with Crippen LogP contribution in [-0.4, -0.2) is 0 Å². The third-order valence-electron chi connectivity index (χ3n) is 2.25. The van der Waals surface area contributed by atoms with Crippen LogP contribution in [0, 0.1) is 6.07 Å². The molecule has 12 heavy (non-hydrogen) atoms. The van der Waals surface area contributed by atoms with Gasteiger partial charge in [-0.3, -0.25) is 0 Å². The molecule has 0 saturated carbocycles. The van der Waals surface area contributed by atoms with Crippen LogP contribution in [0.2, 0.25) is 0 Å². The van der Waals surface area contributed by atoms with Gasteiger partial charge in [-0.2, -0.15) is 17.9 Å². The Morgan fingerprint density at radius 1 is 1.42 bits per heavy atom. The van der Waals surface area contributed by atoms with Gasteiger partial charge in [-0.05, 0) is 0 Å². The maximum absolute atomic E-state index is 3.22. The van der Waals surface area contributed by atoms with Crippen molar-refractivity contribution < 1.29 is 0 Å². The average Bonchev–Trinajstić information content (AvgIpc) is 2.71. The van der Waals surface area contributed by atoms with Gasteiger partial charge in [-0.15, -0.1) is 40.6 Å². The molecule has 0 nitrogen and oxygen atoms in total. The standard InChI is InChI=1S/C12H6/c1-3-9-7-8-10-4-2-6-12(10)11(9)5-1/h1-4,7-8H/q-2. The second-order valence-corrected chi connectivity index (χ2v) is 2.95. The van der Waals surface area contributed by atoms with E-state index < -0.39 is 0 Å². The summed E-state index contributed by atoms with van der Waals surface area (Å²) in [7, 11) is 0. The van der Waals surface area contributed by atoms with Crippen molar-refractivity contribution in [1.82, 2.24) is 0 Å². The Morgan fingerprint density at radius 2 is 2.42 bits per heavy atom. The molecule has 0 spiro atoms. The lowest BCUT2D eigenvalue weighted by atomic mass is 10.1. The van der Waals surface area contributed by atoms with Crippen molar-refractivity contribution in [2.24, 2.45) is 0 Å². The van der Waals surface area contributed by atoms with E-state index >= 15 is 0 Å². The molecule has 0 aromatic heterocycles. The molecule has 0 aromatic rings. The molecule has 0 N–H and O–H groups in total. The minimum Gasteiger partial charge on any atom is -0.175 e. The molecule has 0 aliphatic heterocycles. The van der Waals surface area contributed by atoms with Crippen LogP contribution in [-0.2, 0) is 0 Å². The molecular weight excluding hydrogens is 144 g/mol. The van der Waals surface area contributed by atoms with E-state index in [-0.39, 0.29) is 0 Å². The number of benzene rings is 1. The van der Waals surface area contributed by atoms with Gasteiger partial charge in [0.15, 0.2) is 0 Å². The van der Waals surface area contributed by atoms with Gasteiger partial charge in [-0.1, -0.05) is 11.3 Å². The molecule has 0 radical (unpaired) electrons. The monoisotopic (exact) mass is 150 g/mol. The van der Waals surface area contributed by atoms with Gasteiger partial charge in [0.25, 0.3) is 0 Å². The Labute approximate surface area is 70.5 Å². The van der Waals surface area contributed by atoms with Crippen LogP contribution in [0.4, 0.5) is 0 Å². The first-order valence-corrected chi connectivity index (χ1v) is 3.98. The number of allylic oxidation sites excluding steroid dienone is 1. The quantitative estimate of drug-likeness (QED) is 0.492. The van der Waals surface area contributed by atoms with E-state index in [1.165, 1.54) is 21.6 Å². The Bertz CT molecular complexity index is 548. The number of fused-ring (bicyclic) bond motifs is 3.